The lowest BCUT2D eigenvalue weighted by Crippen LogP contribution is -2.78. The summed E-state index contributed by atoms with van der Waals surface area (Å²) in [4.78, 5) is 0. The van der Waals surface area contributed by atoms with Gasteiger partial charge in [0.2, 0.25) is 0 Å². The van der Waals surface area contributed by atoms with Crippen LogP contribution in [0.25, 0.3) is 0 Å². The van der Waals surface area contributed by atoms with Gasteiger partial charge >= 0.3 is 0 Å². The topological polar surface area (TPSA) is 16.6 Å². The summed E-state index contributed by atoms with van der Waals surface area (Å²) in [6.45, 7) is 1.25. The maximum absolute atomic E-state index is 3.75. The van der Waals surface area contributed by atoms with Crippen LogP contribution in [0.4, 0.5) is 0 Å². The Morgan fingerprint density at radius 2 is 1.89 bits per heavy atom. The molecule has 2 N–H and O–H groups in total. The molecule has 0 aliphatic heterocycles. The van der Waals surface area contributed by atoms with E-state index >= 15 is 0 Å². The lowest BCUT2D eigenvalue weighted by Gasteiger charge is -2.20. The molecule has 0 unspecified atom stereocenters. The summed E-state index contributed by atoms with van der Waals surface area (Å²) < 4.78 is 0. The molecule has 9 heavy (non-hydrogen) atoms. The van der Waals surface area contributed by atoms with E-state index in [1.165, 1.54) is 38.6 Å². The third-order valence-electron chi connectivity index (χ3n) is 2.22. The Morgan fingerprint density at radius 1 is 1.22 bits per heavy atom. The van der Waals surface area contributed by atoms with Crippen molar-refractivity contribution in [2.24, 2.45) is 5.92 Å². The molecule has 0 radical (unpaired) electrons. The van der Waals surface area contributed by atoms with Crippen molar-refractivity contribution in [2.75, 3.05) is 6.54 Å². The Balaban J connectivity index is 2.08. The van der Waals surface area contributed by atoms with Crippen molar-refractivity contribution in [2.45, 2.75) is 32.1 Å². The minimum atomic E-state index is 0.983. The number of nitrogens with two attached hydrogens (primary N) is 1. The lowest BCUT2D eigenvalue weighted by atomic mass is 9.89. The fourth-order valence-electron chi connectivity index (χ4n) is 1.66. The third-order valence-corrected chi connectivity index (χ3v) is 2.22. The van der Waals surface area contributed by atoms with Crippen molar-refractivity contribution in [1.82, 2.24) is 0 Å². The lowest BCUT2D eigenvalue weighted by molar-refractivity contribution is -0.602. The van der Waals surface area contributed by atoms with Crippen LogP contribution in [0.15, 0.2) is 0 Å². The van der Waals surface area contributed by atoms with E-state index in [1.807, 2.05) is 0 Å². The smallest absolute Gasteiger partial charge is 0.0544 e. The molecule has 0 aromatic rings. The van der Waals surface area contributed by atoms with E-state index in [1.54, 1.807) is 0 Å². The van der Waals surface area contributed by atoms with Crippen LogP contribution in [-0.2, 0) is 0 Å². The Kier molecular flexibility index (Phi) is 3.05. The minimum absolute atomic E-state index is 0.983. The Labute approximate surface area is 57.8 Å². The summed E-state index contributed by atoms with van der Waals surface area (Å²) in [5.41, 5.74) is 0. The van der Waals surface area contributed by atoms with Crippen LogP contribution in [0.2, 0.25) is 0 Å². The molecular weight excluding hydrogens is 110 g/mol. The van der Waals surface area contributed by atoms with Crippen LogP contribution in [0.5, 0.6) is 0 Å². The standard InChI is InChI=1S/C8H17N/c1-9-7-8-5-3-2-4-6-8/h8H,1-7,9H2. The molecule has 0 atom stereocenters. The highest BCUT2D eigenvalue weighted by Gasteiger charge is 2.12. The summed E-state index contributed by atoms with van der Waals surface area (Å²) in [6.07, 6.45) is 7.28. The van der Waals surface area contributed by atoms with Gasteiger partial charge < -0.3 is 5.32 Å². The van der Waals surface area contributed by atoms with Crippen LogP contribution < -0.4 is 5.32 Å². The monoisotopic (exact) mass is 127 g/mol. The second-order valence-electron chi connectivity index (χ2n) is 3.03. The van der Waals surface area contributed by atoms with Crippen LogP contribution in [-0.4, -0.2) is 6.54 Å². The van der Waals surface area contributed by atoms with Crippen molar-refractivity contribution in [3.8, 4) is 0 Å². The van der Waals surface area contributed by atoms with Crippen LogP contribution >= 0.6 is 0 Å². The normalized spacial score (nSPS) is 22.3. The third kappa shape index (κ3) is 2.35. The predicted molar refractivity (Wildman–Crippen MR) is 38.7 cm³/mol. The summed E-state index contributed by atoms with van der Waals surface area (Å²) >= 11 is 0. The zero-order valence-electron chi connectivity index (χ0n) is 6.10. The van der Waals surface area contributed by atoms with E-state index in [0.717, 1.165) is 5.92 Å². The van der Waals surface area contributed by atoms with Gasteiger partial charge in [0, 0.05) is 5.92 Å². The molecule has 0 aromatic heterocycles. The molecular formula is C8H17N. The first-order valence-corrected chi connectivity index (χ1v) is 4.04. The van der Waals surface area contributed by atoms with Gasteiger partial charge in [-0.1, -0.05) is 19.3 Å². The molecule has 1 aliphatic rings. The first-order valence-electron chi connectivity index (χ1n) is 4.04. The molecule has 1 saturated carbocycles. The minimum Gasteiger partial charge on any atom is -0.479 e. The van der Waals surface area contributed by atoms with Gasteiger partial charge in [0.15, 0.2) is 0 Å². The predicted octanol–water partition coefficient (Wildman–Crippen LogP) is 0.922. The summed E-state index contributed by atoms with van der Waals surface area (Å²) in [7, 11) is 3.75. The van der Waals surface area contributed by atoms with E-state index in [4.69, 9.17) is 0 Å². The zero-order valence-corrected chi connectivity index (χ0v) is 6.10. The van der Waals surface area contributed by atoms with E-state index in [0.29, 0.717) is 0 Å². The van der Waals surface area contributed by atoms with E-state index < -0.39 is 0 Å². The molecule has 1 heteroatoms. The largest absolute Gasteiger partial charge is 0.479 e. The number of hydrogen-bond acceptors (Lipinski definition) is 0. The maximum Gasteiger partial charge on any atom is 0.0544 e. The highest BCUT2D eigenvalue weighted by Crippen LogP contribution is 2.21. The van der Waals surface area contributed by atoms with Gasteiger partial charge in [-0.25, -0.2) is 0 Å². The van der Waals surface area contributed by atoms with Gasteiger partial charge in [0.1, 0.15) is 0 Å². The highest BCUT2D eigenvalue weighted by atomic mass is 14.8. The molecule has 1 nitrogen and oxygen atoms in total. The molecule has 0 aromatic carbocycles. The Bertz CT molecular complexity index is 62.2. The van der Waals surface area contributed by atoms with Gasteiger partial charge in [0.05, 0.1) is 6.54 Å². The molecule has 0 heterocycles. The summed E-state index contributed by atoms with van der Waals surface area (Å²) in [5, 5.41) is 2.07. The maximum atomic E-state index is 3.75. The number of hydrogen-bond donors (Lipinski definition) is 1. The van der Waals surface area contributed by atoms with Crippen molar-refractivity contribution in [3.63, 3.8) is 0 Å². The number of quaternary nitrogens is 1. The second kappa shape index (κ2) is 3.89. The van der Waals surface area contributed by atoms with Gasteiger partial charge in [-0.2, -0.15) is 7.05 Å². The second-order valence-corrected chi connectivity index (χ2v) is 3.03. The van der Waals surface area contributed by atoms with Crippen molar-refractivity contribution in [3.05, 3.63) is 7.05 Å². The average molecular weight is 127 g/mol. The summed E-state index contributed by atoms with van der Waals surface area (Å²) in [5.74, 6) is 0.983. The molecule has 1 fully saturated rings. The highest BCUT2D eigenvalue weighted by molar-refractivity contribution is 4.63. The SMILES string of the molecule is [CH2-][NH2+]CC1CCCCC1. The summed E-state index contributed by atoms with van der Waals surface area (Å²) in [6, 6.07) is 0. The number of rotatable bonds is 2. The van der Waals surface area contributed by atoms with Crippen LogP contribution in [0, 0.1) is 13.0 Å². The Hall–Kier alpha value is -0.0400. The van der Waals surface area contributed by atoms with E-state index in [-0.39, 0.29) is 0 Å². The van der Waals surface area contributed by atoms with Crippen LogP contribution in [0.3, 0.4) is 0 Å². The fourth-order valence-corrected chi connectivity index (χ4v) is 1.66. The van der Waals surface area contributed by atoms with Gasteiger partial charge in [-0.15, -0.1) is 0 Å². The first-order chi connectivity index (χ1) is 4.43. The van der Waals surface area contributed by atoms with Gasteiger partial charge in [-0.3, -0.25) is 0 Å². The fraction of sp³-hybridized carbons (Fsp3) is 0.875. The van der Waals surface area contributed by atoms with Crippen molar-refractivity contribution >= 4 is 0 Å². The molecule has 0 saturated heterocycles. The quantitative estimate of drug-likeness (QED) is 0.531. The molecule has 0 spiro atoms. The van der Waals surface area contributed by atoms with E-state index in [9.17, 15) is 0 Å². The molecule has 0 amide bonds. The van der Waals surface area contributed by atoms with Crippen LogP contribution in [0.1, 0.15) is 32.1 Å². The van der Waals surface area contributed by atoms with Crippen molar-refractivity contribution < 1.29 is 5.32 Å². The average Bonchev–Trinajstić information content (AvgIpc) is 1.91. The zero-order chi connectivity index (χ0) is 6.53. The first kappa shape index (κ1) is 7.07. The Morgan fingerprint density at radius 3 is 2.44 bits per heavy atom. The molecule has 0 bridgehead atoms. The van der Waals surface area contributed by atoms with Crippen molar-refractivity contribution in [1.29, 1.82) is 0 Å². The molecule has 54 valence electrons. The molecule has 1 aliphatic carbocycles. The van der Waals surface area contributed by atoms with Gasteiger partial charge in [-0.05, 0) is 12.8 Å². The van der Waals surface area contributed by atoms with Gasteiger partial charge in [0.25, 0.3) is 0 Å². The molecule has 1 rings (SSSR count). The van der Waals surface area contributed by atoms with E-state index in [2.05, 4.69) is 12.4 Å².